The van der Waals surface area contributed by atoms with Gasteiger partial charge in [0.1, 0.15) is 0 Å². The van der Waals surface area contributed by atoms with Crippen LogP contribution in [0.25, 0.3) is 0 Å². The Morgan fingerprint density at radius 3 is 2.81 bits per heavy atom. The SMILES string of the molecule is CCCC1CN(C2CCOC2)C(C)(c2ccccc2)CN1. The van der Waals surface area contributed by atoms with Crippen LogP contribution in [0, 0.1) is 0 Å². The standard InChI is InChI=1S/C18H28N2O/c1-3-7-16-12-20(17-10-11-21-13-17)18(2,14-19-16)15-8-5-4-6-9-15/h4-6,8-9,16-17,19H,3,7,10-14H2,1-2H3. The highest BCUT2D eigenvalue weighted by Gasteiger charge is 2.43. The molecule has 1 aromatic carbocycles. The van der Waals surface area contributed by atoms with Gasteiger partial charge < -0.3 is 10.1 Å². The van der Waals surface area contributed by atoms with E-state index in [1.54, 1.807) is 0 Å². The second-order valence-electron chi connectivity index (χ2n) is 6.68. The number of nitrogens with one attached hydrogen (secondary N) is 1. The molecule has 3 atom stereocenters. The Bertz CT molecular complexity index is 444. The van der Waals surface area contributed by atoms with E-state index in [1.807, 2.05) is 0 Å². The molecule has 2 saturated heterocycles. The van der Waals surface area contributed by atoms with E-state index in [1.165, 1.54) is 24.8 Å². The number of rotatable bonds is 4. The molecule has 0 saturated carbocycles. The van der Waals surface area contributed by atoms with Crippen molar-refractivity contribution in [2.75, 3.05) is 26.3 Å². The molecular weight excluding hydrogens is 260 g/mol. The molecule has 2 heterocycles. The zero-order valence-corrected chi connectivity index (χ0v) is 13.3. The zero-order chi connectivity index (χ0) is 14.7. The van der Waals surface area contributed by atoms with Gasteiger partial charge in [-0.05, 0) is 25.3 Å². The smallest absolute Gasteiger partial charge is 0.0623 e. The lowest BCUT2D eigenvalue weighted by molar-refractivity contribution is 0.00413. The summed E-state index contributed by atoms with van der Waals surface area (Å²) in [6.07, 6.45) is 3.67. The summed E-state index contributed by atoms with van der Waals surface area (Å²) >= 11 is 0. The topological polar surface area (TPSA) is 24.5 Å². The van der Waals surface area contributed by atoms with Crippen LogP contribution in [0.2, 0.25) is 0 Å². The molecule has 3 nitrogen and oxygen atoms in total. The predicted octanol–water partition coefficient (Wildman–Crippen LogP) is 2.76. The van der Waals surface area contributed by atoms with Crippen LogP contribution in [0.4, 0.5) is 0 Å². The fraction of sp³-hybridized carbons (Fsp3) is 0.667. The number of benzene rings is 1. The normalized spacial score (nSPS) is 34.2. The zero-order valence-electron chi connectivity index (χ0n) is 13.3. The summed E-state index contributed by atoms with van der Waals surface area (Å²) in [4.78, 5) is 2.71. The van der Waals surface area contributed by atoms with E-state index in [0.717, 1.165) is 26.3 Å². The molecule has 3 unspecified atom stereocenters. The van der Waals surface area contributed by atoms with E-state index in [9.17, 15) is 0 Å². The fourth-order valence-corrected chi connectivity index (χ4v) is 3.87. The Morgan fingerprint density at radius 2 is 2.14 bits per heavy atom. The Balaban J connectivity index is 1.86. The molecule has 1 aromatic rings. The third-order valence-electron chi connectivity index (χ3n) is 5.17. The first-order valence-corrected chi connectivity index (χ1v) is 8.37. The summed E-state index contributed by atoms with van der Waals surface area (Å²) in [6.45, 7) is 8.62. The highest BCUT2D eigenvalue weighted by Crippen LogP contribution is 2.34. The van der Waals surface area contributed by atoms with Crippen molar-refractivity contribution in [2.24, 2.45) is 0 Å². The molecule has 0 bridgehead atoms. The molecule has 2 aliphatic rings. The number of hydrogen-bond donors (Lipinski definition) is 1. The average molecular weight is 288 g/mol. The van der Waals surface area contributed by atoms with E-state index in [2.05, 4.69) is 54.4 Å². The van der Waals surface area contributed by atoms with Gasteiger partial charge in [0.15, 0.2) is 0 Å². The minimum absolute atomic E-state index is 0.0733. The van der Waals surface area contributed by atoms with Gasteiger partial charge in [-0.3, -0.25) is 4.90 Å². The Morgan fingerprint density at radius 1 is 1.33 bits per heavy atom. The first-order valence-electron chi connectivity index (χ1n) is 8.37. The first kappa shape index (κ1) is 15.0. The molecule has 116 valence electrons. The third-order valence-corrected chi connectivity index (χ3v) is 5.17. The second kappa shape index (κ2) is 6.47. The summed E-state index contributed by atoms with van der Waals surface area (Å²) in [5.74, 6) is 0. The molecule has 0 aromatic heterocycles. The van der Waals surface area contributed by atoms with Crippen LogP contribution >= 0.6 is 0 Å². The monoisotopic (exact) mass is 288 g/mol. The summed E-state index contributed by atoms with van der Waals surface area (Å²) in [6, 6.07) is 12.1. The maximum atomic E-state index is 5.67. The van der Waals surface area contributed by atoms with Crippen molar-refractivity contribution in [3.63, 3.8) is 0 Å². The van der Waals surface area contributed by atoms with Crippen LogP contribution in [0.1, 0.15) is 38.7 Å². The highest BCUT2D eigenvalue weighted by atomic mass is 16.5. The van der Waals surface area contributed by atoms with Crippen LogP contribution in [0.3, 0.4) is 0 Å². The van der Waals surface area contributed by atoms with E-state index < -0.39 is 0 Å². The molecule has 21 heavy (non-hydrogen) atoms. The average Bonchev–Trinajstić information content (AvgIpc) is 3.04. The molecule has 0 radical (unpaired) electrons. The van der Waals surface area contributed by atoms with E-state index >= 15 is 0 Å². The van der Waals surface area contributed by atoms with Gasteiger partial charge in [0.05, 0.1) is 12.1 Å². The molecular formula is C18H28N2O. The van der Waals surface area contributed by atoms with Crippen LogP contribution in [-0.4, -0.2) is 43.3 Å². The van der Waals surface area contributed by atoms with Gasteiger partial charge in [0.2, 0.25) is 0 Å². The van der Waals surface area contributed by atoms with Gasteiger partial charge in [0, 0.05) is 31.8 Å². The molecule has 2 aliphatic heterocycles. The van der Waals surface area contributed by atoms with Crippen molar-refractivity contribution in [2.45, 2.75) is 50.7 Å². The number of piperazine rings is 1. The van der Waals surface area contributed by atoms with Crippen LogP contribution < -0.4 is 5.32 Å². The predicted molar refractivity (Wildman–Crippen MR) is 86.4 cm³/mol. The Hall–Kier alpha value is -0.900. The molecule has 2 fully saturated rings. The lowest BCUT2D eigenvalue weighted by atomic mass is 9.85. The summed E-state index contributed by atoms with van der Waals surface area (Å²) in [5.41, 5.74) is 1.49. The van der Waals surface area contributed by atoms with Gasteiger partial charge in [-0.1, -0.05) is 43.7 Å². The first-order chi connectivity index (χ1) is 10.2. The van der Waals surface area contributed by atoms with Crippen molar-refractivity contribution >= 4 is 0 Å². The largest absolute Gasteiger partial charge is 0.380 e. The van der Waals surface area contributed by atoms with E-state index in [4.69, 9.17) is 4.74 Å². The van der Waals surface area contributed by atoms with E-state index in [-0.39, 0.29) is 5.54 Å². The number of ether oxygens (including phenoxy) is 1. The van der Waals surface area contributed by atoms with Crippen LogP contribution in [0.5, 0.6) is 0 Å². The summed E-state index contributed by atoms with van der Waals surface area (Å²) < 4.78 is 5.67. The molecule has 0 aliphatic carbocycles. The fourth-order valence-electron chi connectivity index (χ4n) is 3.87. The van der Waals surface area contributed by atoms with Crippen molar-refractivity contribution in [3.8, 4) is 0 Å². The van der Waals surface area contributed by atoms with E-state index in [0.29, 0.717) is 12.1 Å². The van der Waals surface area contributed by atoms with Crippen molar-refractivity contribution in [1.82, 2.24) is 10.2 Å². The Labute approximate surface area is 128 Å². The molecule has 0 spiro atoms. The number of nitrogens with zero attached hydrogens (tertiary/aromatic N) is 1. The summed E-state index contributed by atoms with van der Waals surface area (Å²) in [7, 11) is 0. The van der Waals surface area contributed by atoms with Gasteiger partial charge in [-0.25, -0.2) is 0 Å². The minimum Gasteiger partial charge on any atom is -0.380 e. The van der Waals surface area contributed by atoms with Gasteiger partial charge in [-0.15, -0.1) is 0 Å². The molecule has 1 N–H and O–H groups in total. The third kappa shape index (κ3) is 3.01. The molecule has 0 amide bonds. The minimum atomic E-state index is 0.0733. The van der Waals surface area contributed by atoms with Crippen LogP contribution in [0.15, 0.2) is 30.3 Å². The molecule has 3 heteroatoms. The lowest BCUT2D eigenvalue weighted by Crippen LogP contribution is -2.64. The second-order valence-corrected chi connectivity index (χ2v) is 6.68. The van der Waals surface area contributed by atoms with Gasteiger partial charge in [0.25, 0.3) is 0 Å². The van der Waals surface area contributed by atoms with Gasteiger partial charge in [-0.2, -0.15) is 0 Å². The Kier molecular flexibility index (Phi) is 4.63. The van der Waals surface area contributed by atoms with Crippen molar-refractivity contribution in [1.29, 1.82) is 0 Å². The highest BCUT2D eigenvalue weighted by molar-refractivity contribution is 5.26. The van der Waals surface area contributed by atoms with Crippen molar-refractivity contribution < 1.29 is 4.74 Å². The van der Waals surface area contributed by atoms with Crippen molar-refractivity contribution in [3.05, 3.63) is 35.9 Å². The number of hydrogen-bond acceptors (Lipinski definition) is 3. The van der Waals surface area contributed by atoms with Crippen LogP contribution in [-0.2, 0) is 10.3 Å². The lowest BCUT2D eigenvalue weighted by Gasteiger charge is -2.51. The maximum Gasteiger partial charge on any atom is 0.0623 e. The maximum absolute atomic E-state index is 5.67. The molecule has 3 rings (SSSR count). The van der Waals surface area contributed by atoms with Gasteiger partial charge >= 0.3 is 0 Å². The summed E-state index contributed by atoms with van der Waals surface area (Å²) in [5, 5.41) is 3.78. The quantitative estimate of drug-likeness (QED) is 0.922.